The van der Waals surface area contributed by atoms with E-state index in [2.05, 4.69) is 4.98 Å². The third kappa shape index (κ3) is 3.48. The van der Waals surface area contributed by atoms with E-state index >= 15 is 0 Å². The number of aryl methyl sites for hydroxylation is 1. The number of halogens is 1. The topological polar surface area (TPSA) is 48.4 Å². The number of aldehydes is 1. The first kappa shape index (κ1) is 14.3. The molecule has 1 aromatic carbocycles. The summed E-state index contributed by atoms with van der Waals surface area (Å²) >= 11 is 5.83. The van der Waals surface area contributed by atoms with Crippen molar-refractivity contribution in [2.75, 3.05) is 7.11 Å². The molecule has 4 nitrogen and oxygen atoms in total. The summed E-state index contributed by atoms with van der Waals surface area (Å²) < 4.78 is 10.8. The number of hydrogen-bond donors (Lipinski definition) is 0. The maximum absolute atomic E-state index is 11.0. The number of carbonyl (C=O) groups is 1. The summed E-state index contributed by atoms with van der Waals surface area (Å²) in [5.41, 5.74) is 1.99. The molecule has 0 fully saturated rings. The summed E-state index contributed by atoms with van der Waals surface area (Å²) in [6, 6.07) is 8.54. The summed E-state index contributed by atoms with van der Waals surface area (Å²) in [6.45, 7) is 2.13. The Morgan fingerprint density at radius 3 is 2.80 bits per heavy atom. The Morgan fingerprint density at radius 1 is 1.30 bits per heavy atom. The van der Waals surface area contributed by atoms with Gasteiger partial charge in [-0.3, -0.25) is 9.78 Å². The van der Waals surface area contributed by atoms with Gasteiger partial charge in [0.25, 0.3) is 0 Å². The van der Waals surface area contributed by atoms with E-state index in [0.717, 1.165) is 17.1 Å². The van der Waals surface area contributed by atoms with Crippen LogP contribution in [-0.2, 0) is 6.61 Å². The number of hydrogen-bond acceptors (Lipinski definition) is 4. The van der Waals surface area contributed by atoms with Crippen LogP contribution in [0.2, 0.25) is 5.02 Å². The second kappa shape index (κ2) is 6.39. The van der Waals surface area contributed by atoms with E-state index in [1.54, 1.807) is 31.4 Å². The minimum atomic E-state index is 0.251. The first-order valence-electron chi connectivity index (χ1n) is 6.01. The van der Waals surface area contributed by atoms with Gasteiger partial charge in [-0.15, -0.1) is 0 Å². The number of nitrogens with zero attached hydrogens (tertiary/aromatic N) is 1. The Bertz CT molecular complexity index is 629. The summed E-state index contributed by atoms with van der Waals surface area (Å²) in [5.74, 6) is 1.20. The molecule has 1 aromatic heterocycles. The quantitative estimate of drug-likeness (QED) is 0.792. The number of methoxy groups -OCH3 is 1. The van der Waals surface area contributed by atoms with E-state index in [1.165, 1.54) is 0 Å². The van der Waals surface area contributed by atoms with Crippen molar-refractivity contribution < 1.29 is 14.3 Å². The van der Waals surface area contributed by atoms with Crippen molar-refractivity contribution in [1.82, 2.24) is 4.98 Å². The number of rotatable bonds is 5. The number of ether oxygens (including phenoxy) is 2. The minimum Gasteiger partial charge on any atom is -0.497 e. The second-order valence-electron chi connectivity index (χ2n) is 4.23. The van der Waals surface area contributed by atoms with Crippen molar-refractivity contribution in [3.63, 3.8) is 0 Å². The fourth-order valence-electron chi connectivity index (χ4n) is 1.79. The van der Waals surface area contributed by atoms with E-state index in [1.807, 2.05) is 13.0 Å². The van der Waals surface area contributed by atoms with Crippen molar-refractivity contribution in [2.45, 2.75) is 13.5 Å². The molecule has 0 atom stereocenters. The molecule has 20 heavy (non-hydrogen) atoms. The van der Waals surface area contributed by atoms with Crippen LogP contribution in [0.15, 0.2) is 30.3 Å². The molecule has 0 saturated heterocycles. The van der Waals surface area contributed by atoms with Gasteiger partial charge in [0.15, 0.2) is 6.29 Å². The van der Waals surface area contributed by atoms with Crippen LogP contribution in [0.4, 0.5) is 0 Å². The maximum Gasteiger partial charge on any atom is 0.153 e. The van der Waals surface area contributed by atoms with E-state index in [0.29, 0.717) is 22.6 Å². The lowest BCUT2D eigenvalue weighted by Gasteiger charge is -2.10. The molecular weight excluding hydrogens is 278 g/mol. The molecule has 0 saturated carbocycles. The van der Waals surface area contributed by atoms with Crippen LogP contribution in [0.25, 0.3) is 0 Å². The van der Waals surface area contributed by atoms with E-state index in [9.17, 15) is 4.79 Å². The molecular formula is C15H14ClNO3. The van der Waals surface area contributed by atoms with Gasteiger partial charge in [0.1, 0.15) is 18.1 Å². The van der Waals surface area contributed by atoms with Crippen LogP contribution in [0.3, 0.4) is 0 Å². The molecule has 0 aliphatic heterocycles. The van der Waals surface area contributed by atoms with Gasteiger partial charge in [0.2, 0.25) is 0 Å². The zero-order chi connectivity index (χ0) is 14.5. The highest BCUT2D eigenvalue weighted by molar-refractivity contribution is 6.30. The molecule has 0 amide bonds. The van der Waals surface area contributed by atoms with Crippen molar-refractivity contribution in [3.05, 3.63) is 52.3 Å². The first-order valence-corrected chi connectivity index (χ1v) is 6.39. The molecule has 2 rings (SSSR count). The van der Waals surface area contributed by atoms with Gasteiger partial charge in [-0.25, -0.2) is 0 Å². The monoisotopic (exact) mass is 291 g/mol. The lowest BCUT2D eigenvalue weighted by Crippen LogP contribution is -2.02. The molecule has 0 radical (unpaired) electrons. The van der Waals surface area contributed by atoms with Crippen LogP contribution in [0, 0.1) is 6.92 Å². The van der Waals surface area contributed by atoms with Gasteiger partial charge in [0, 0.05) is 22.8 Å². The highest BCUT2D eigenvalue weighted by atomic mass is 35.5. The second-order valence-corrected chi connectivity index (χ2v) is 4.66. The van der Waals surface area contributed by atoms with Gasteiger partial charge >= 0.3 is 0 Å². The Balaban J connectivity index is 2.16. The fraction of sp³-hybridized carbons (Fsp3) is 0.200. The maximum atomic E-state index is 11.0. The summed E-state index contributed by atoms with van der Waals surface area (Å²) in [5, 5.41) is 0.495. The number of pyridine rings is 1. The molecule has 0 bridgehead atoms. The molecule has 5 heteroatoms. The predicted molar refractivity (Wildman–Crippen MR) is 76.7 cm³/mol. The highest BCUT2D eigenvalue weighted by Gasteiger charge is 2.06. The Hall–Kier alpha value is -2.07. The number of aromatic nitrogens is 1. The lowest BCUT2D eigenvalue weighted by molar-refractivity contribution is 0.111. The SMILES string of the molecule is COc1cc(C)nc(COc2ccc(Cl)cc2C=O)c1. The zero-order valence-corrected chi connectivity index (χ0v) is 12.0. The smallest absolute Gasteiger partial charge is 0.153 e. The predicted octanol–water partition coefficient (Wildman–Crippen LogP) is 3.44. The fourth-order valence-corrected chi connectivity index (χ4v) is 1.97. The van der Waals surface area contributed by atoms with Gasteiger partial charge in [-0.05, 0) is 25.1 Å². The number of carbonyl (C=O) groups excluding carboxylic acids is 1. The average Bonchev–Trinajstić information content (AvgIpc) is 2.45. The average molecular weight is 292 g/mol. The molecule has 104 valence electrons. The first-order chi connectivity index (χ1) is 9.62. The van der Waals surface area contributed by atoms with Crippen molar-refractivity contribution in [2.24, 2.45) is 0 Å². The largest absolute Gasteiger partial charge is 0.497 e. The minimum absolute atomic E-state index is 0.251. The van der Waals surface area contributed by atoms with Crippen LogP contribution < -0.4 is 9.47 Å². The van der Waals surface area contributed by atoms with Gasteiger partial charge in [-0.2, -0.15) is 0 Å². The van der Waals surface area contributed by atoms with Crippen LogP contribution in [0.1, 0.15) is 21.7 Å². The lowest BCUT2D eigenvalue weighted by atomic mass is 10.2. The van der Waals surface area contributed by atoms with Crippen molar-refractivity contribution >= 4 is 17.9 Å². The summed E-state index contributed by atoms with van der Waals surface area (Å²) in [6.07, 6.45) is 0.714. The van der Waals surface area contributed by atoms with E-state index in [4.69, 9.17) is 21.1 Å². The molecule has 0 aliphatic carbocycles. The Morgan fingerprint density at radius 2 is 2.10 bits per heavy atom. The third-order valence-electron chi connectivity index (χ3n) is 2.69. The normalized spacial score (nSPS) is 10.2. The molecule has 2 aromatic rings. The summed E-state index contributed by atoms with van der Waals surface area (Å²) in [7, 11) is 1.60. The van der Waals surface area contributed by atoms with Crippen LogP contribution in [-0.4, -0.2) is 18.4 Å². The van der Waals surface area contributed by atoms with Crippen LogP contribution >= 0.6 is 11.6 Å². The van der Waals surface area contributed by atoms with Gasteiger partial charge < -0.3 is 9.47 Å². The summed E-state index contributed by atoms with van der Waals surface area (Å²) in [4.78, 5) is 15.3. The molecule has 0 unspecified atom stereocenters. The van der Waals surface area contributed by atoms with Crippen LogP contribution in [0.5, 0.6) is 11.5 Å². The Labute approximate surface area is 122 Å². The standard InChI is InChI=1S/C15H14ClNO3/c1-10-5-14(19-2)7-13(17-10)9-20-15-4-3-12(16)6-11(15)8-18/h3-8H,9H2,1-2H3. The third-order valence-corrected chi connectivity index (χ3v) is 2.93. The Kier molecular flexibility index (Phi) is 4.58. The highest BCUT2D eigenvalue weighted by Crippen LogP contribution is 2.22. The van der Waals surface area contributed by atoms with E-state index in [-0.39, 0.29) is 6.61 Å². The van der Waals surface area contributed by atoms with Crippen molar-refractivity contribution in [1.29, 1.82) is 0 Å². The van der Waals surface area contributed by atoms with E-state index < -0.39 is 0 Å². The molecule has 0 N–H and O–H groups in total. The van der Waals surface area contributed by atoms with Gasteiger partial charge in [-0.1, -0.05) is 11.6 Å². The van der Waals surface area contributed by atoms with Crippen molar-refractivity contribution in [3.8, 4) is 11.5 Å². The zero-order valence-electron chi connectivity index (χ0n) is 11.2. The number of benzene rings is 1. The molecule has 1 heterocycles. The van der Waals surface area contributed by atoms with Gasteiger partial charge in [0.05, 0.1) is 18.4 Å². The molecule has 0 aliphatic rings. The molecule has 0 spiro atoms.